The molecule has 0 fully saturated rings. The van der Waals surface area contributed by atoms with Crippen LogP contribution in [0.15, 0.2) is 52.6 Å². The van der Waals surface area contributed by atoms with Crippen LogP contribution in [0.4, 0.5) is 0 Å². The van der Waals surface area contributed by atoms with Gasteiger partial charge in [-0.25, -0.2) is 9.50 Å². The zero-order valence-corrected chi connectivity index (χ0v) is 13.1. The van der Waals surface area contributed by atoms with E-state index in [9.17, 15) is 5.11 Å². The quantitative estimate of drug-likeness (QED) is 0.780. The summed E-state index contributed by atoms with van der Waals surface area (Å²) in [7, 11) is 0. The molecule has 0 radical (unpaired) electrons. The van der Waals surface area contributed by atoms with Gasteiger partial charge in [0.25, 0.3) is 0 Å². The molecule has 0 aliphatic rings. The van der Waals surface area contributed by atoms with Crippen LogP contribution in [0, 0.1) is 0 Å². The van der Waals surface area contributed by atoms with Crippen LogP contribution in [0.1, 0.15) is 26.5 Å². The van der Waals surface area contributed by atoms with Gasteiger partial charge in [-0.2, -0.15) is 5.10 Å². The number of aromatic hydroxyl groups is 1. The summed E-state index contributed by atoms with van der Waals surface area (Å²) >= 11 is 1.57. The van der Waals surface area contributed by atoms with E-state index in [-0.39, 0.29) is 11.2 Å². The van der Waals surface area contributed by atoms with E-state index in [4.69, 9.17) is 0 Å². The maximum atomic E-state index is 9.35. The summed E-state index contributed by atoms with van der Waals surface area (Å²) in [5.74, 6) is 0.268. The number of benzene rings is 1. The van der Waals surface area contributed by atoms with Crippen LogP contribution in [0.25, 0.3) is 5.52 Å². The minimum Gasteiger partial charge on any atom is -0.508 e. The molecule has 0 saturated carbocycles. The summed E-state index contributed by atoms with van der Waals surface area (Å²) < 4.78 is 1.87. The second kappa shape index (κ2) is 5.07. The van der Waals surface area contributed by atoms with Crippen molar-refractivity contribution in [1.29, 1.82) is 0 Å². The Bertz CT molecular complexity index is 772. The van der Waals surface area contributed by atoms with Gasteiger partial charge in [-0.1, -0.05) is 32.5 Å². The van der Waals surface area contributed by atoms with Gasteiger partial charge in [-0.05, 0) is 30.3 Å². The SMILES string of the molecule is CC(C)(C)c1cc2c(Sc3ccc(O)cc3)nccn2n1. The zero-order valence-electron chi connectivity index (χ0n) is 12.2. The number of phenolic OH excluding ortho intramolecular Hbond substituents is 1. The Kier molecular flexibility index (Phi) is 3.37. The van der Waals surface area contributed by atoms with Crippen molar-refractivity contribution in [3.63, 3.8) is 0 Å². The second-order valence-electron chi connectivity index (χ2n) is 5.94. The van der Waals surface area contributed by atoms with Gasteiger partial charge in [0.1, 0.15) is 10.8 Å². The number of phenols is 1. The molecule has 21 heavy (non-hydrogen) atoms. The van der Waals surface area contributed by atoms with Crippen LogP contribution in [0.5, 0.6) is 5.75 Å². The zero-order chi connectivity index (χ0) is 15.0. The first-order valence-corrected chi connectivity index (χ1v) is 7.57. The van der Waals surface area contributed by atoms with Crippen molar-refractivity contribution in [3.8, 4) is 5.75 Å². The molecule has 5 heteroatoms. The molecule has 108 valence electrons. The summed E-state index contributed by atoms with van der Waals surface area (Å²) in [4.78, 5) is 5.49. The fraction of sp³-hybridized carbons (Fsp3) is 0.250. The first-order valence-electron chi connectivity index (χ1n) is 6.75. The van der Waals surface area contributed by atoms with E-state index in [0.717, 1.165) is 21.1 Å². The predicted octanol–water partition coefficient (Wildman–Crippen LogP) is 3.88. The van der Waals surface area contributed by atoms with E-state index in [1.807, 2.05) is 22.8 Å². The number of fused-ring (bicyclic) bond motifs is 1. The highest BCUT2D eigenvalue weighted by atomic mass is 32.2. The minimum atomic E-state index is 0.00644. The lowest BCUT2D eigenvalue weighted by molar-refractivity contribution is 0.475. The van der Waals surface area contributed by atoms with Gasteiger partial charge in [-0.3, -0.25) is 0 Å². The average Bonchev–Trinajstić information content (AvgIpc) is 2.86. The molecule has 2 aromatic heterocycles. The monoisotopic (exact) mass is 299 g/mol. The van der Waals surface area contributed by atoms with Gasteiger partial charge < -0.3 is 5.11 Å². The summed E-state index contributed by atoms with van der Waals surface area (Å²) in [6.07, 6.45) is 3.63. The second-order valence-corrected chi connectivity index (χ2v) is 7.00. The third-order valence-electron chi connectivity index (χ3n) is 3.17. The summed E-state index contributed by atoms with van der Waals surface area (Å²) in [5.41, 5.74) is 2.05. The molecule has 3 aromatic rings. The van der Waals surface area contributed by atoms with E-state index in [2.05, 4.69) is 36.9 Å². The normalized spacial score (nSPS) is 12.0. The molecule has 4 nitrogen and oxygen atoms in total. The Morgan fingerprint density at radius 3 is 2.52 bits per heavy atom. The van der Waals surface area contributed by atoms with Gasteiger partial charge in [-0.15, -0.1) is 0 Å². The molecule has 0 amide bonds. The molecule has 2 heterocycles. The highest BCUT2D eigenvalue weighted by Gasteiger charge is 2.19. The van der Waals surface area contributed by atoms with Gasteiger partial charge in [0.2, 0.25) is 0 Å². The van der Waals surface area contributed by atoms with E-state index in [0.29, 0.717) is 0 Å². The lowest BCUT2D eigenvalue weighted by Crippen LogP contribution is -2.11. The summed E-state index contributed by atoms with van der Waals surface area (Å²) in [5, 5.41) is 14.9. The molecule has 1 N–H and O–H groups in total. The maximum absolute atomic E-state index is 9.35. The van der Waals surface area contributed by atoms with Crippen molar-refractivity contribution in [2.24, 2.45) is 0 Å². The predicted molar refractivity (Wildman–Crippen MR) is 83.9 cm³/mol. The molecule has 0 spiro atoms. The largest absolute Gasteiger partial charge is 0.508 e. The molecular weight excluding hydrogens is 282 g/mol. The molecule has 0 bridgehead atoms. The third kappa shape index (κ3) is 2.88. The molecular formula is C16H17N3OS. The fourth-order valence-corrected chi connectivity index (χ4v) is 2.84. The number of hydrogen-bond acceptors (Lipinski definition) is 4. The Morgan fingerprint density at radius 2 is 1.86 bits per heavy atom. The molecule has 0 aliphatic carbocycles. The van der Waals surface area contributed by atoms with Crippen LogP contribution in [-0.2, 0) is 5.41 Å². The lowest BCUT2D eigenvalue weighted by Gasteiger charge is -2.13. The van der Waals surface area contributed by atoms with Crippen molar-refractivity contribution < 1.29 is 5.11 Å². The van der Waals surface area contributed by atoms with E-state index in [1.165, 1.54) is 0 Å². The van der Waals surface area contributed by atoms with Gasteiger partial charge >= 0.3 is 0 Å². The van der Waals surface area contributed by atoms with E-state index >= 15 is 0 Å². The van der Waals surface area contributed by atoms with Crippen molar-refractivity contribution in [1.82, 2.24) is 14.6 Å². The number of aromatic nitrogens is 3. The maximum Gasteiger partial charge on any atom is 0.127 e. The van der Waals surface area contributed by atoms with Crippen molar-refractivity contribution in [2.75, 3.05) is 0 Å². The topological polar surface area (TPSA) is 50.4 Å². The third-order valence-corrected chi connectivity index (χ3v) is 4.19. The van der Waals surface area contributed by atoms with Crippen LogP contribution in [0.2, 0.25) is 0 Å². The van der Waals surface area contributed by atoms with E-state index in [1.54, 1.807) is 30.1 Å². The minimum absolute atomic E-state index is 0.00644. The van der Waals surface area contributed by atoms with Crippen molar-refractivity contribution in [3.05, 3.63) is 48.4 Å². The smallest absolute Gasteiger partial charge is 0.127 e. The molecule has 1 aromatic carbocycles. The molecule has 0 atom stereocenters. The first kappa shape index (κ1) is 13.9. The summed E-state index contributed by atoms with van der Waals surface area (Å²) in [6, 6.07) is 9.22. The van der Waals surface area contributed by atoms with Crippen LogP contribution < -0.4 is 0 Å². The van der Waals surface area contributed by atoms with Crippen LogP contribution >= 0.6 is 11.8 Å². The van der Waals surface area contributed by atoms with Crippen molar-refractivity contribution in [2.45, 2.75) is 36.1 Å². The Hall–Kier alpha value is -2.01. The lowest BCUT2D eigenvalue weighted by atomic mass is 9.92. The van der Waals surface area contributed by atoms with Crippen LogP contribution in [0.3, 0.4) is 0 Å². The summed E-state index contributed by atoms with van der Waals surface area (Å²) in [6.45, 7) is 6.44. The fourth-order valence-electron chi connectivity index (χ4n) is 1.97. The van der Waals surface area contributed by atoms with Crippen LogP contribution in [-0.4, -0.2) is 19.7 Å². The van der Waals surface area contributed by atoms with Gasteiger partial charge in [0.05, 0.1) is 11.2 Å². The Morgan fingerprint density at radius 1 is 1.14 bits per heavy atom. The number of rotatable bonds is 2. The highest BCUT2D eigenvalue weighted by Crippen LogP contribution is 2.32. The van der Waals surface area contributed by atoms with Gasteiger partial charge in [0.15, 0.2) is 0 Å². The van der Waals surface area contributed by atoms with Crippen molar-refractivity contribution >= 4 is 17.3 Å². The number of hydrogen-bond donors (Lipinski definition) is 1. The Labute approximate surface area is 127 Å². The molecule has 3 rings (SSSR count). The van der Waals surface area contributed by atoms with E-state index < -0.39 is 0 Å². The average molecular weight is 299 g/mol. The number of nitrogens with zero attached hydrogens (tertiary/aromatic N) is 3. The molecule has 0 saturated heterocycles. The standard InChI is InChI=1S/C16H17N3OS/c1-16(2,3)14-10-13-15(17-8-9-19(13)18-14)21-12-6-4-11(20)5-7-12/h4-10,20H,1-3H3. The first-order chi connectivity index (χ1) is 9.93. The molecule has 0 aliphatic heterocycles. The Balaban J connectivity index is 2.02. The highest BCUT2D eigenvalue weighted by molar-refractivity contribution is 7.99. The van der Waals surface area contributed by atoms with Gasteiger partial charge in [0, 0.05) is 22.7 Å². The molecule has 0 unspecified atom stereocenters.